The summed E-state index contributed by atoms with van der Waals surface area (Å²) < 4.78 is 27.8. The fourth-order valence-corrected chi connectivity index (χ4v) is 5.18. The Morgan fingerprint density at radius 3 is 2.52 bits per heavy atom. The molecule has 0 bridgehead atoms. The maximum atomic E-state index is 13.3. The molecular weight excluding hydrogens is 432 g/mol. The Balaban J connectivity index is 1.73. The largest absolute Gasteiger partial charge is 0.355 e. The summed E-state index contributed by atoms with van der Waals surface area (Å²) in [7, 11) is -3.87. The van der Waals surface area contributed by atoms with Gasteiger partial charge in [-0.05, 0) is 62.8 Å². The van der Waals surface area contributed by atoms with Gasteiger partial charge in [0.2, 0.25) is 15.9 Å². The smallest absolute Gasteiger partial charge is 0.243 e. The highest BCUT2D eigenvalue weighted by Gasteiger charge is 2.27. The fourth-order valence-electron chi connectivity index (χ4n) is 3.61. The molecule has 0 aliphatic heterocycles. The quantitative estimate of drug-likeness (QED) is 0.544. The summed E-state index contributed by atoms with van der Waals surface area (Å²) >= 11 is 6.26. The summed E-state index contributed by atoms with van der Waals surface area (Å²) in [5, 5.41) is 3.34. The molecule has 7 heteroatoms. The Bertz CT molecular complexity index is 1030. The van der Waals surface area contributed by atoms with Crippen molar-refractivity contribution in [2.45, 2.75) is 50.5 Å². The van der Waals surface area contributed by atoms with Crippen molar-refractivity contribution in [1.82, 2.24) is 9.62 Å². The van der Waals surface area contributed by atoms with Crippen LogP contribution in [0.4, 0.5) is 0 Å². The highest BCUT2D eigenvalue weighted by molar-refractivity contribution is 7.89. The molecule has 1 aliphatic rings. The zero-order valence-corrected chi connectivity index (χ0v) is 19.4. The van der Waals surface area contributed by atoms with E-state index in [1.165, 1.54) is 22.7 Å². The third-order valence-electron chi connectivity index (χ3n) is 5.44. The first-order chi connectivity index (χ1) is 14.9. The summed E-state index contributed by atoms with van der Waals surface area (Å²) in [6, 6.07) is 13.7. The molecule has 31 heavy (non-hydrogen) atoms. The van der Waals surface area contributed by atoms with Crippen LogP contribution in [0.1, 0.15) is 43.2 Å². The van der Waals surface area contributed by atoms with Crippen LogP contribution in [-0.2, 0) is 21.4 Å². The minimum Gasteiger partial charge on any atom is -0.355 e. The van der Waals surface area contributed by atoms with Crippen molar-refractivity contribution in [3.05, 3.63) is 76.3 Å². The van der Waals surface area contributed by atoms with Gasteiger partial charge < -0.3 is 5.32 Å². The van der Waals surface area contributed by atoms with Crippen LogP contribution < -0.4 is 5.32 Å². The maximum Gasteiger partial charge on any atom is 0.243 e. The SMILES string of the molecule is Cc1ccc(S(=O)(=O)N(CC(=O)NCCC2=CCCCC2)Cc2ccccc2Cl)cc1. The van der Waals surface area contributed by atoms with Crippen molar-refractivity contribution >= 4 is 27.5 Å². The topological polar surface area (TPSA) is 66.5 Å². The van der Waals surface area contributed by atoms with Gasteiger partial charge in [0.25, 0.3) is 0 Å². The van der Waals surface area contributed by atoms with Crippen LogP contribution in [0, 0.1) is 6.92 Å². The van der Waals surface area contributed by atoms with Crippen molar-refractivity contribution in [1.29, 1.82) is 0 Å². The van der Waals surface area contributed by atoms with Crippen molar-refractivity contribution in [3.63, 3.8) is 0 Å². The zero-order chi connectivity index (χ0) is 22.3. The van der Waals surface area contributed by atoms with Crippen LogP contribution in [0.3, 0.4) is 0 Å². The molecule has 1 amide bonds. The zero-order valence-electron chi connectivity index (χ0n) is 17.8. The number of carbonyl (C=O) groups is 1. The number of carbonyl (C=O) groups excluding carboxylic acids is 1. The summed E-state index contributed by atoms with van der Waals surface area (Å²) in [5.74, 6) is -0.320. The molecule has 0 aromatic heterocycles. The molecule has 166 valence electrons. The maximum absolute atomic E-state index is 13.3. The Morgan fingerprint density at radius 2 is 1.84 bits per heavy atom. The van der Waals surface area contributed by atoms with Crippen molar-refractivity contribution < 1.29 is 13.2 Å². The third-order valence-corrected chi connectivity index (χ3v) is 7.61. The van der Waals surface area contributed by atoms with Gasteiger partial charge in [0.15, 0.2) is 0 Å². The molecule has 0 radical (unpaired) electrons. The Morgan fingerprint density at radius 1 is 1.10 bits per heavy atom. The Labute approximate surface area is 190 Å². The van der Waals surface area contributed by atoms with Gasteiger partial charge >= 0.3 is 0 Å². The van der Waals surface area contributed by atoms with Crippen LogP contribution >= 0.6 is 11.6 Å². The van der Waals surface area contributed by atoms with E-state index in [0.29, 0.717) is 17.1 Å². The molecule has 2 aromatic carbocycles. The first kappa shape index (κ1) is 23.5. The fraction of sp³-hybridized carbons (Fsp3) is 0.375. The van der Waals surface area contributed by atoms with Gasteiger partial charge in [0.05, 0.1) is 11.4 Å². The van der Waals surface area contributed by atoms with Crippen LogP contribution in [0.5, 0.6) is 0 Å². The monoisotopic (exact) mass is 460 g/mol. The van der Waals surface area contributed by atoms with E-state index in [1.54, 1.807) is 48.5 Å². The van der Waals surface area contributed by atoms with Crippen molar-refractivity contribution in [2.24, 2.45) is 0 Å². The number of amides is 1. The van der Waals surface area contributed by atoms with E-state index in [4.69, 9.17) is 11.6 Å². The molecule has 2 aromatic rings. The first-order valence-electron chi connectivity index (χ1n) is 10.6. The molecule has 0 unspecified atom stereocenters. The summed E-state index contributed by atoms with van der Waals surface area (Å²) in [5.41, 5.74) is 2.98. The number of sulfonamides is 1. The lowest BCUT2D eigenvalue weighted by molar-refractivity contribution is -0.121. The minimum absolute atomic E-state index is 0.0223. The summed E-state index contributed by atoms with van der Waals surface area (Å²) in [4.78, 5) is 12.8. The molecule has 0 atom stereocenters. The number of hydrogen-bond acceptors (Lipinski definition) is 3. The number of hydrogen-bond donors (Lipinski definition) is 1. The highest BCUT2D eigenvalue weighted by Crippen LogP contribution is 2.23. The van der Waals surface area contributed by atoms with Crippen LogP contribution in [0.2, 0.25) is 5.02 Å². The second kappa shape index (κ2) is 10.9. The van der Waals surface area contributed by atoms with Gasteiger partial charge in [-0.2, -0.15) is 4.31 Å². The van der Waals surface area contributed by atoms with Gasteiger partial charge in [0, 0.05) is 18.1 Å². The van der Waals surface area contributed by atoms with Crippen LogP contribution in [0.25, 0.3) is 0 Å². The number of halogens is 1. The molecule has 0 saturated heterocycles. The molecule has 0 heterocycles. The Kier molecular flexibility index (Phi) is 8.29. The van der Waals surface area contributed by atoms with E-state index in [1.807, 2.05) is 6.92 Å². The van der Waals surface area contributed by atoms with Crippen molar-refractivity contribution in [3.8, 4) is 0 Å². The van der Waals surface area contributed by atoms with Gasteiger partial charge in [-0.1, -0.05) is 59.1 Å². The standard InChI is InChI=1S/C24H29ClN2O3S/c1-19-11-13-22(14-12-19)31(29,30)27(17-21-9-5-6-10-23(21)25)18-24(28)26-16-15-20-7-3-2-4-8-20/h5-7,9-14H,2-4,8,15-18H2,1H3,(H,26,28). The van der Waals surface area contributed by atoms with E-state index in [9.17, 15) is 13.2 Å². The molecule has 1 aliphatic carbocycles. The lowest BCUT2D eigenvalue weighted by Gasteiger charge is -2.23. The number of rotatable bonds is 9. The molecule has 1 N–H and O–H groups in total. The van der Waals surface area contributed by atoms with Crippen LogP contribution in [0.15, 0.2) is 65.1 Å². The average Bonchev–Trinajstić information content (AvgIpc) is 2.76. The number of nitrogens with zero attached hydrogens (tertiary/aromatic N) is 1. The molecule has 0 spiro atoms. The molecule has 5 nitrogen and oxygen atoms in total. The van der Waals surface area contributed by atoms with E-state index in [0.717, 1.165) is 24.8 Å². The first-order valence-corrected chi connectivity index (χ1v) is 12.4. The Hall–Kier alpha value is -2.15. The minimum atomic E-state index is -3.87. The van der Waals surface area contributed by atoms with Gasteiger partial charge in [-0.25, -0.2) is 8.42 Å². The molecular formula is C24H29ClN2O3S. The second-order valence-corrected chi connectivity index (χ2v) is 10.2. The average molecular weight is 461 g/mol. The predicted molar refractivity (Wildman–Crippen MR) is 124 cm³/mol. The van der Waals surface area contributed by atoms with Gasteiger partial charge in [-0.3, -0.25) is 4.79 Å². The van der Waals surface area contributed by atoms with Crippen molar-refractivity contribution in [2.75, 3.05) is 13.1 Å². The number of benzene rings is 2. The highest BCUT2D eigenvalue weighted by atomic mass is 35.5. The van der Waals surface area contributed by atoms with E-state index < -0.39 is 10.0 Å². The van der Waals surface area contributed by atoms with E-state index in [2.05, 4.69) is 11.4 Å². The summed E-state index contributed by atoms with van der Waals surface area (Å²) in [6.07, 6.45) is 7.66. The van der Waals surface area contributed by atoms with E-state index >= 15 is 0 Å². The second-order valence-electron chi connectivity index (χ2n) is 7.89. The predicted octanol–water partition coefficient (Wildman–Crippen LogP) is 4.85. The summed E-state index contributed by atoms with van der Waals surface area (Å²) in [6.45, 7) is 2.16. The van der Waals surface area contributed by atoms with Crippen LogP contribution in [-0.4, -0.2) is 31.7 Å². The lowest BCUT2D eigenvalue weighted by Crippen LogP contribution is -2.40. The van der Waals surface area contributed by atoms with Gasteiger partial charge in [0.1, 0.15) is 0 Å². The van der Waals surface area contributed by atoms with E-state index in [-0.39, 0.29) is 23.9 Å². The molecule has 0 saturated carbocycles. The molecule has 0 fully saturated rings. The number of aryl methyl sites for hydroxylation is 1. The lowest BCUT2D eigenvalue weighted by atomic mass is 9.97. The third kappa shape index (κ3) is 6.66. The number of allylic oxidation sites excluding steroid dienone is 1. The number of nitrogens with one attached hydrogen (secondary N) is 1. The normalized spacial score (nSPS) is 14.4. The van der Waals surface area contributed by atoms with Gasteiger partial charge in [-0.15, -0.1) is 0 Å². The molecule has 3 rings (SSSR count).